The summed E-state index contributed by atoms with van der Waals surface area (Å²) in [5, 5.41) is 3.66. The molecule has 1 aliphatic rings. The van der Waals surface area contributed by atoms with Gasteiger partial charge in [0.2, 0.25) is 11.9 Å². The Balaban J connectivity index is 1.47. The molecule has 3 N–H and O–H groups in total. The van der Waals surface area contributed by atoms with Crippen LogP contribution in [-0.4, -0.2) is 72.2 Å². The van der Waals surface area contributed by atoms with Crippen molar-refractivity contribution in [1.82, 2.24) is 25.2 Å². The zero-order valence-electron chi connectivity index (χ0n) is 21.3. The van der Waals surface area contributed by atoms with Crippen molar-refractivity contribution in [2.75, 3.05) is 51.0 Å². The number of benzene rings is 1. The number of pyridine rings is 1. The second-order valence-corrected chi connectivity index (χ2v) is 9.08. The van der Waals surface area contributed by atoms with Gasteiger partial charge in [-0.25, -0.2) is 13.8 Å². The van der Waals surface area contributed by atoms with Crippen LogP contribution in [0.5, 0.6) is 11.5 Å². The van der Waals surface area contributed by atoms with E-state index in [1.54, 1.807) is 17.0 Å². The van der Waals surface area contributed by atoms with Gasteiger partial charge in [0.05, 0.1) is 32.2 Å². The zero-order chi connectivity index (χ0) is 26.7. The fourth-order valence-corrected chi connectivity index (χ4v) is 4.38. The smallest absolute Gasteiger partial charge is 0.228 e. The maximum Gasteiger partial charge on any atom is 0.228 e. The Morgan fingerprint density at radius 1 is 1.14 bits per heavy atom. The van der Waals surface area contributed by atoms with Crippen molar-refractivity contribution in [2.24, 2.45) is 0 Å². The summed E-state index contributed by atoms with van der Waals surface area (Å²) in [5.41, 5.74) is 6.78. The molecule has 0 bridgehead atoms. The predicted octanol–water partition coefficient (Wildman–Crippen LogP) is 2.68. The van der Waals surface area contributed by atoms with Gasteiger partial charge >= 0.3 is 0 Å². The van der Waals surface area contributed by atoms with Gasteiger partial charge in [-0.15, -0.1) is 0 Å². The van der Waals surface area contributed by atoms with Crippen LogP contribution >= 0.6 is 0 Å². The van der Waals surface area contributed by atoms with Crippen molar-refractivity contribution >= 4 is 28.6 Å². The number of piperazine rings is 1. The Bertz CT molecular complexity index is 1270. The lowest BCUT2D eigenvalue weighted by Gasteiger charge is -2.35. The Hall–Kier alpha value is -3.80. The van der Waals surface area contributed by atoms with Crippen molar-refractivity contribution < 1.29 is 23.0 Å². The Morgan fingerprint density at radius 3 is 2.46 bits per heavy atom. The van der Waals surface area contributed by atoms with Gasteiger partial charge in [-0.05, 0) is 18.2 Å². The number of nitrogens with one attached hydrogen (secondary N) is 1. The van der Waals surface area contributed by atoms with E-state index < -0.39 is 11.6 Å². The molecule has 1 fully saturated rings. The molecule has 37 heavy (non-hydrogen) atoms. The number of nitrogen functional groups attached to an aromatic ring is 1. The van der Waals surface area contributed by atoms with Crippen LogP contribution in [0.2, 0.25) is 0 Å². The number of carbonyl (C=O) groups is 1. The molecule has 0 spiro atoms. The third-order valence-electron chi connectivity index (χ3n) is 6.23. The van der Waals surface area contributed by atoms with Crippen molar-refractivity contribution in [2.45, 2.75) is 32.4 Å². The third-order valence-corrected chi connectivity index (χ3v) is 6.23. The summed E-state index contributed by atoms with van der Waals surface area (Å²) in [6.45, 7) is 5.71. The third kappa shape index (κ3) is 5.63. The average molecular weight is 516 g/mol. The van der Waals surface area contributed by atoms with Crippen LogP contribution in [0.4, 0.5) is 20.5 Å². The number of nitrogens with zero attached hydrogens (tertiary/aromatic N) is 5. The minimum absolute atomic E-state index is 0.0352. The van der Waals surface area contributed by atoms with E-state index >= 15 is 4.39 Å². The molecule has 1 aliphatic heterocycles. The number of methoxy groups -OCH3 is 2. The molecular weight excluding hydrogens is 484 g/mol. The van der Waals surface area contributed by atoms with Crippen LogP contribution < -0.4 is 25.4 Å². The zero-order valence-corrected chi connectivity index (χ0v) is 21.3. The highest BCUT2D eigenvalue weighted by Crippen LogP contribution is 2.37. The van der Waals surface area contributed by atoms with Crippen molar-refractivity contribution in [3.05, 3.63) is 41.7 Å². The molecule has 0 aliphatic carbocycles. The number of hydrogen-bond acceptors (Lipinski definition) is 9. The normalized spacial score (nSPS) is 14.8. The molecule has 0 radical (unpaired) electrons. The summed E-state index contributed by atoms with van der Waals surface area (Å²) in [6, 6.07) is 4.24. The number of nitrogens with two attached hydrogens (primary N) is 1. The highest BCUT2D eigenvalue weighted by atomic mass is 19.1. The number of fused-ring (bicyclic) bond motifs is 1. The van der Waals surface area contributed by atoms with Crippen LogP contribution in [0.1, 0.15) is 32.0 Å². The maximum absolute atomic E-state index is 15.1. The molecule has 0 unspecified atom stereocenters. The number of hydrogen-bond donors (Lipinski definition) is 2. The van der Waals surface area contributed by atoms with E-state index in [1.807, 2.05) is 18.7 Å². The lowest BCUT2D eigenvalue weighted by molar-refractivity contribution is -0.132. The van der Waals surface area contributed by atoms with Gasteiger partial charge in [0, 0.05) is 44.0 Å². The topological polar surface area (TPSA) is 119 Å². The molecule has 2 aromatic heterocycles. The van der Waals surface area contributed by atoms with E-state index in [1.165, 1.54) is 20.3 Å². The first-order valence-corrected chi connectivity index (χ1v) is 12.0. The first-order valence-electron chi connectivity index (χ1n) is 12.0. The van der Waals surface area contributed by atoms with Crippen LogP contribution in [0.3, 0.4) is 0 Å². The molecule has 3 heterocycles. The number of aromatic nitrogens is 3. The molecule has 1 saturated heterocycles. The second-order valence-electron chi connectivity index (χ2n) is 9.08. The van der Waals surface area contributed by atoms with Gasteiger partial charge in [0.1, 0.15) is 17.2 Å². The average Bonchev–Trinajstić information content (AvgIpc) is 2.88. The van der Waals surface area contributed by atoms with Crippen LogP contribution in [0.15, 0.2) is 24.4 Å². The summed E-state index contributed by atoms with van der Waals surface area (Å²) < 4.78 is 38.8. The maximum atomic E-state index is 15.1. The Kier molecular flexibility index (Phi) is 7.86. The minimum atomic E-state index is -0.681. The molecule has 10 nitrogen and oxygen atoms in total. The Morgan fingerprint density at radius 2 is 1.86 bits per heavy atom. The monoisotopic (exact) mass is 515 g/mol. The second kappa shape index (κ2) is 11.1. The molecule has 12 heteroatoms. The molecule has 0 saturated carbocycles. The number of anilines is 2. The first kappa shape index (κ1) is 26.3. The number of carbonyl (C=O) groups excluding carboxylic acids is 1. The first-order chi connectivity index (χ1) is 17.7. The van der Waals surface area contributed by atoms with Gasteiger partial charge in [-0.3, -0.25) is 9.78 Å². The lowest BCUT2D eigenvalue weighted by atomic mass is 10.1. The van der Waals surface area contributed by atoms with Crippen molar-refractivity contribution in [3.63, 3.8) is 0 Å². The lowest BCUT2D eigenvalue weighted by Crippen LogP contribution is -2.50. The summed E-state index contributed by atoms with van der Waals surface area (Å²) in [5.74, 6) is -0.627. The molecule has 198 valence electrons. The standard InChI is InChI=1S/C25H31F2N7O3/c1-14(2)30-18(17-6-5-15(26)13-29-17)12-20(35)33-7-9-34(10-8-33)25-31-22-16(24(28)32-25)11-19(36-3)23(37-4)21(22)27/h5-6,11,13-14,18,30H,7-10,12H2,1-4H3,(H2,28,31,32)/t18-/m1/s1. The molecular formula is C25H31F2N7O3. The fourth-order valence-electron chi connectivity index (χ4n) is 4.38. The van der Waals surface area contributed by atoms with Crippen LogP contribution in [0, 0.1) is 11.6 Å². The summed E-state index contributed by atoms with van der Waals surface area (Å²) in [7, 11) is 2.76. The highest BCUT2D eigenvalue weighted by Gasteiger charge is 2.27. The Labute approximate surface area is 213 Å². The van der Waals surface area contributed by atoms with Gasteiger partial charge in [0.15, 0.2) is 17.3 Å². The van der Waals surface area contributed by atoms with Gasteiger partial charge in [-0.1, -0.05) is 13.8 Å². The van der Waals surface area contributed by atoms with Gasteiger partial charge in [-0.2, -0.15) is 4.98 Å². The number of ether oxygens (including phenoxy) is 2. The largest absolute Gasteiger partial charge is 0.493 e. The molecule has 1 amide bonds. The van der Waals surface area contributed by atoms with Crippen LogP contribution in [-0.2, 0) is 4.79 Å². The van der Waals surface area contributed by atoms with E-state index in [0.717, 1.165) is 6.20 Å². The fraction of sp³-hybridized carbons (Fsp3) is 0.440. The predicted molar refractivity (Wildman–Crippen MR) is 136 cm³/mol. The van der Waals surface area contributed by atoms with Gasteiger partial charge in [0.25, 0.3) is 0 Å². The molecule has 1 atom stereocenters. The summed E-state index contributed by atoms with van der Waals surface area (Å²) in [4.78, 5) is 29.7. The van der Waals surface area contributed by atoms with Crippen molar-refractivity contribution in [1.29, 1.82) is 0 Å². The van der Waals surface area contributed by atoms with Crippen molar-refractivity contribution in [3.8, 4) is 11.5 Å². The van der Waals surface area contributed by atoms with E-state index in [9.17, 15) is 9.18 Å². The molecule has 3 aromatic rings. The van der Waals surface area contributed by atoms with Crippen LogP contribution in [0.25, 0.3) is 10.9 Å². The van der Waals surface area contributed by atoms with E-state index in [-0.39, 0.29) is 53.2 Å². The number of rotatable bonds is 8. The highest BCUT2D eigenvalue weighted by molar-refractivity contribution is 5.92. The number of halogens is 2. The molecule has 4 rings (SSSR count). The quantitative estimate of drug-likeness (QED) is 0.467. The van der Waals surface area contributed by atoms with E-state index in [4.69, 9.17) is 15.2 Å². The number of amides is 1. The van der Waals surface area contributed by atoms with E-state index in [0.29, 0.717) is 37.3 Å². The SMILES string of the molecule is COc1cc2c(N)nc(N3CCN(C(=O)C[C@@H](NC(C)C)c4ccc(F)cn4)CC3)nc2c(F)c1OC. The van der Waals surface area contributed by atoms with Gasteiger partial charge < -0.3 is 30.3 Å². The minimum Gasteiger partial charge on any atom is -0.493 e. The summed E-state index contributed by atoms with van der Waals surface area (Å²) in [6.07, 6.45) is 1.33. The summed E-state index contributed by atoms with van der Waals surface area (Å²) >= 11 is 0. The molecule has 1 aromatic carbocycles. The van der Waals surface area contributed by atoms with E-state index in [2.05, 4.69) is 20.3 Å².